The molecule has 3 nitrogen and oxygen atoms in total. The third kappa shape index (κ3) is 3.42. The molecule has 0 radical (unpaired) electrons. The Kier molecular flexibility index (Phi) is 3.95. The third-order valence-electron chi connectivity index (χ3n) is 2.68. The molecule has 0 bridgehead atoms. The van der Waals surface area contributed by atoms with Crippen LogP contribution in [0.1, 0.15) is 27.2 Å². The molecule has 0 aliphatic rings. The average Bonchev–Trinajstić information content (AvgIpc) is 2.62. The quantitative estimate of drug-likeness (QED) is 0.727. The summed E-state index contributed by atoms with van der Waals surface area (Å²) in [7, 11) is 0. The van der Waals surface area contributed by atoms with Gasteiger partial charge in [-0.25, -0.2) is 4.98 Å². The first-order valence-corrected chi connectivity index (χ1v) is 5.45. The second kappa shape index (κ2) is 5.01. The van der Waals surface area contributed by atoms with Crippen molar-refractivity contribution in [2.45, 2.75) is 33.7 Å². The van der Waals surface area contributed by atoms with E-state index in [9.17, 15) is 0 Å². The molecular formula is C12H21N3. The maximum atomic E-state index is 4.28. The van der Waals surface area contributed by atoms with E-state index in [0.29, 0.717) is 5.41 Å². The number of hydrogen-bond donors (Lipinski definition) is 1. The van der Waals surface area contributed by atoms with Gasteiger partial charge in [0.05, 0.1) is 0 Å². The summed E-state index contributed by atoms with van der Waals surface area (Å²) in [5.41, 5.74) is 0.311. The lowest BCUT2D eigenvalue weighted by molar-refractivity contribution is 0.296. The lowest BCUT2D eigenvalue weighted by Gasteiger charge is -2.24. The molecule has 0 aromatic carbocycles. The molecule has 0 saturated carbocycles. The van der Waals surface area contributed by atoms with Crippen LogP contribution in [0.3, 0.4) is 0 Å². The van der Waals surface area contributed by atoms with E-state index >= 15 is 0 Å². The Bertz CT molecular complexity index is 312. The number of nitrogens with one attached hydrogen (secondary N) is 1. The number of anilines is 1. The zero-order valence-electron chi connectivity index (χ0n) is 9.95. The summed E-state index contributed by atoms with van der Waals surface area (Å²) in [6.45, 7) is 12.2. The Hall–Kier alpha value is -1.25. The van der Waals surface area contributed by atoms with Crippen molar-refractivity contribution in [1.29, 1.82) is 0 Å². The molecule has 0 spiro atoms. The molecule has 0 amide bonds. The average molecular weight is 207 g/mol. The summed E-state index contributed by atoms with van der Waals surface area (Å²) in [5, 5.41) is 3.22. The molecule has 1 aromatic rings. The van der Waals surface area contributed by atoms with Crippen LogP contribution in [-0.4, -0.2) is 16.1 Å². The van der Waals surface area contributed by atoms with Gasteiger partial charge in [0.15, 0.2) is 0 Å². The van der Waals surface area contributed by atoms with Crippen LogP contribution in [0.5, 0.6) is 0 Å². The van der Waals surface area contributed by atoms with Crippen LogP contribution in [-0.2, 0) is 6.54 Å². The van der Waals surface area contributed by atoms with Crippen molar-refractivity contribution in [1.82, 2.24) is 9.55 Å². The number of hydrogen-bond acceptors (Lipinski definition) is 2. The molecule has 1 aromatic heterocycles. The summed E-state index contributed by atoms with van der Waals surface area (Å²) in [6.07, 6.45) is 6.84. The molecular weight excluding hydrogens is 186 g/mol. The van der Waals surface area contributed by atoms with Gasteiger partial charge in [-0.1, -0.05) is 26.8 Å². The zero-order chi connectivity index (χ0) is 11.3. The zero-order valence-corrected chi connectivity index (χ0v) is 9.95. The third-order valence-corrected chi connectivity index (χ3v) is 2.68. The molecule has 0 atom stereocenters. The second-order valence-corrected chi connectivity index (χ2v) is 4.57. The Morgan fingerprint density at radius 2 is 2.33 bits per heavy atom. The van der Waals surface area contributed by atoms with E-state index in [2.05, 4.69) is 42.2 Å². The fourth-order valence-corrected chi connectivity index (χ4v) is 1.34. The lowest BCUT2D eigenvalue weighted by atomic mass is 9.90. The van der Waals surface area contributed by atoms with Crippen LogP contribution in [0.2, 0.25) is 0 Å². The number of aromatic nitrogens is 2. The van der Waals surface area contributed by atoms with Gasteiger partial charge in [0.2, 0.25) is 5.95 Å². The highest BCUT2D eigenvalue weighted by molar-refractivity contribution is 5.26. The monoisotopic (exact) mass is 207 g/mol. The fraction of sp³-hybridized carbons (Fsp3) is 0.583. The molecule has 84 valence electrons. The molecule has 0 unspecified atom stereocenters. The Morgan fingerprint density at radius 1 is 1.60 bits per heavy atom. The standard InChI is InChI=1S/C12H21N3/c1-5-7-13-11-14-8-9-15(11)10-12(3,4)6-2/h5,8-9H,1,6-7,10H2,2-4H3,(H,13,14). The summed E-state index contributed by atoms with van der Waals surface area (Å²) in [5.74, 6) is 0.927. The minimum Gasteiger partial charge on any atom is -0.352 e. The van der Waals surface area contributed by atoms with Gasteiger partial charge >= 0.3 is 0 Å². The highest BCUT2D eigenvalue weighted by atomic mass is 15.2. The van der Waals surface area contributed by atoms with Gasteiger partial charge in [0.25, 0.3) is 0 Å². The SMILES string of the molecule is C=CCNc1nccn1CC(C)(C)CC. The van der Waals surface area contributed by atoms with Crippen LogP contribution in [0.15, 0.2) is 25.0 Å². The summed E-state index contributed by atoms with van der Waals surface area (Å²) < 4.78 is 2.16. The Morgan fingerprint density at radius 3 is 2.93 bits per heavy atom. The Balaban J connectivity index is 2.68. The second-order valence-electron chi connectivity index (χ2n) is 4.57. The predicted octanol–water partition coefficient (Wildman–Crippen LogP) is 2.92. The van der Waals surface area contributed by atoms with Gasteiger partial charge in [-0.2, -0.15) is 0 Å². The van der Waals surface area contributed by atoms with Crippen LogP contribution in [0, 0.1) is 5.41 Å². The van der Waals surface area contributed by atoms with E-state index in [1.54, 1.807) is 0 Å². The molecule has 0 aliphatic carbocycles. The van der Waals surface area contributed by atoms with Gasteiger partial charge < -0.3 is 9.88 Å². The van der Waals surface area contributed by atoms with Crippen molar-refractivity contribution >= 4 is 5.95 Å². The number of imidazole rings is 1. The molecule has 0 saturated heterocycles. The van der Waals surface area contributed by atoms with E-state index in [1.165, 1.54) is 0 Å². The summed E-state index contributed by atoms with van der Waals surface area (Å²) in [6, 6.07) is 0. The normalized spacial score (nSPS) is 11.4. The minimum atomic E-state index is 0.311. The molecule has 0 aliphatic heterocycles. The highest BCUT2D eigenvalue weighted by Crippen LogP contribution is 2.23. The van der Waals surface area contributed by atoms with Crippen molar-refractivity contribution < 1.29 is 0 Å². The molecule has 0 fully saturated rings. The van der Waals surface area contributed by atoms with Gasteiger partial charge in [-0.05, 0) is 11.8 Å². The first kappa shape index (κ1) is 11.8. The fourth-order valence-electron chi connectivity index (χ4n) is 1.34. The molecule has 1 heterocycles. The van der Waals surface area contributed by atoms with E-state index in [-0.39, 0.29) is 0 Å². The van der Waals surface area contributed by atoms with Crippen LogP contribution >= 0.6 is 0 Å². The maximum absolute atomic E-state index is 4.28. The Labute approximate surface area is 92.2 Å². The first-order valence-electron chi connectivity index (χ1n) is 5.45. The number of rotatable bonds is 6. The maximum Gasteiger partial charge on any atom is 0.203 e. The van der Waals surface area contributed by atoms with Gasteiger partial charge in [-0.15, -0.1) is 6.58 Å². The van der Waals surface area contributed by atoms with Gasteiger partial charge in [-0.3, -0.25) is 0 Å². The van der Waals surface area contributed by atoms with Crippen molar-refractivity contribution in [3.63, 3.8) is 0 Å². The van der Waals surface area contributed by atoms with Crippen LogP contribution in [0.4, 0.5) is 5.95 Å². The molecule has 3 heteroatoms. The topological polar surface area (TPSA) is 29.9 Å². The van der Waals surface area contributed by atoms with E-state index in [1.807, 2.05) is 18.5 Å². The largest absolute Gasteiger partial charge is 0.352 e. The van der Waals surface area contributed by atoms with E-state index in [0.717, 1.165) is 25.5 Å². The summed E-state index contributed by atoms with van der Waals surface area (Å²) in [4.78, 5) is 4.28. The smallest absolute Gasteiger partial charge is 0.203 e. The van der Waals surface area contributed by atoms with Gasteiger partial charge in [0, 0.05) is 25.5 Å². The van der Waals surface area contributed by atoms with Gasteiger partial charge in [0.1, 0.15) is 0 Å². The highest BCUT2D eigenvalue weighted by Gasteiger charge is 2.17. The number of nitrogens with zero attached hydrogens (tertiary/aromatic N) is 2. The van der Waals surface area contributed by atoms with Crippen LogP contribution in [0.25, 0.3) is 0 Å². The summed E-state index contributed by atoms with van der Waals surface area (Å²) >= 11 is 0. The van der Waals surface area contributed by atoms with E-state index in [4.69, 9.17) is 0 Å². The first-order chi connectivity index (χ1) is 7.09. The van der Waals surface area contributed by atoms with Crippen molar-refractivity contribution in [2.75, 3.05) is 11.9 Å². The molecule has 1 N–H and O–H groups in total. The minimum absolute atomic E-state index is 0.311. The van der Waals surface area contributed by atoms with Crippen molar-refractivity contribution in [2.24, 2.45) is 5.41 Å². The van der Waals surface area contributed by atoms with Crippen molar-refractivity contribution in [3.05, 3.63) is 25.0 Å². The lowest BCUT2D eigenvalue weighted by Crippen LogP contribution is -2.19. The van der Waals surface area contributed by atoms with Crippen LogP contribution < -0.4 is 5.32 Å². The van der Waals surface area contributed by atoms with Crippen molar-refractivity contribution in [3.8, 4) is 0 Å². The molecule has 15 heavy (non-hydrogen) atoms. The van der Waals surface area contributed by atoms with E-state index < -0.39 is 0 Å². The predicted molar refractivity (Wildman–Crippen MR) is 65.0 cm³/mol. The molecule has 1 rings (SSSR count).